The number of amides is 1. The van der Waals surface area contributed by atoms with Crippen molar-refractivity contribution in [2.24, 2.45) is 11.7 Å². The van der Waals surface area contributed by atoms with E-state index in [4.69, 9.17) is 10.5 Å². The number of anilines is 1. The zero-order chi connectivity index (χ0) is 16.1. The summed E-state index contributed by atoms with van der Waals surface area (Å²) in [6, 6.07) is 8.49. The van der Waals surface area contributed by atoms with Crippen LogP contribution in [0.2, 0.25) is 0 Å². The van der Waals surface area contributed by atoms with Crippen LogP contribution < -0.4 is 16.0 Å². The van der Waals surface area contributed by atoms with E-state index in [0.29, 0.717) is 18.9 Å². The summed E-state index contributed by atoms with van der Waals surface area (Å²) in [6.07, 6.45) is 3.84. The number of nitrogens with two attached hydrogens (primary N) is 1. The second-order valence-electron chi connectivity index (χ2n) is 6.56. The molecule has 3 N–H and O–H groups in total. The lowest BCUT2D eigenvalue weighted by Crippen LogP contribution is -2.37. The highest BCUT2D eigenvalue weighted by Gasteiger charge is 2.26. The van der Waals surface area contributed by atoms with Crippen LogP contribution in [0.25, 0.3) is 0 Å². The van der Waals surface area contributed by atoms with Gasteiger partial charge in [-0.15, -0.1) is 24.8 Å². The van der Waals surface area contributed by atoms with Crippen molar-refractivity contribution >= 4 is 36.4 Å². The van der Waals surface area contributed by atoms with Crippen LogP contribution in [0.15, 0.2) is 24.3 Å². The lowest BCUT2D eigenvalue weighted by Gasteiger charge is -2.30. The molecular formula is C18H29Cl2N3O2. The molecule has 2 fully saturated rings. The van der Waals surface area contributed by atoms with Gasteiger partial charge in [0.25, 0.3) is 0 Å². The Balaban J connectivity index is 0.00000156. The molecule has 2 aliphatic rings. The molecule has 1 saturated heterocycles. The molecule has 0 radical (unpaired) electrons. The van der Waals surface area contributed by atoms with E-state index in [2.05, 4.69) is 22.3 Å². The van der Waals surface area contributed by atoms with Crippen LogP contribution in [0.3, 0.4) is 0 Å². The van der Waals surface area contributed by atoms with Crippen LogP contribution in [0.4, 0.5) is 5.69 Å². The summed E-state index contributed by atoms with van der Waals surface area (Å²) in [6.45, 7) is 3.92. The van der Waals surface area contributed by atoms with Crippen molar-refractivity contribution in [3.63, 3.8) is 0 Å². The highest BCUT2D eigenvalue weighted by Crippen LogP contribution is 2.27. The highest BCUT2D eigenvalue weighted by molar-refractivity contribution is 5.85. The first-order chi connectivity index (χ1) is 11.2. The molecule has 0 spiro atoms. The predicted molar refractivity (Wildman–Crippen MR) is 106 cm³/mol. The Morgan fingerprint density at radius 1 is 1.20 bits per heavy atom. The Hall–Kier alpha value is -1.01. The van der Waals surface area contributed by atoms with Gasteiger partial charge in [0.1, 0.15) is 0 Å². The van der Waals surface area contributed by atoms with Crippen LogP contribution in [-0.4, -0.2) is 38.3 Å². The van der Waals surface area contributed by atoms with E-state index >= 15 is 0 Å². The number of morpholine rings is 1. The maximum Gasteiger partial charge on any atom is 0.220 e. The van der Waals surface area contributed by atoms with Gasteiger partial charge < -0.3 is 20.7 Å². The van der Waals surface area contributed by atoms with Crippen LogP contribution in [-0.2, 0) is 16.1 Å². The van der Waals surface area contributed by atoms with Crippen molar-refractivity contribution < 1.29 is 9.53 Å². The van der Waals surface area contributed by atoms with Gasteiger partial charge in [-0.05, 0) is 30.4 Å². The number of hydrogen-bond donors (Lipinski definition) is 2. The fourth-order valence-electron chi connectivity index (χ4n) is 3.60. The molecule has 5 nitrogen and oxygen atoms in total. The Morgan fingerprint density at radius 2 is 1.92 bits per heavy atom. The zero-order valence-corrected chi connectivity index (χ0v) is 16.1. The van der Waals surface area contributed by atoms with Crippen LogP contribution in [0.5, 0.6) is 0 Å². The van der Waals surface area contributed by atoms with Gasteiger partial charge in [-0.2, -0.15) is 0 Å². The molecule has 1 aliphatic carbocycles. The van der Waals surface area contributed by atoms with Gasteiger partial charge >= 0.3 is 0 Å². The molecule has 1 heterocycles. The van der Waals surface area contributed by atoms with E-state index in [1.54, 1.807) is 0 Å². The van der Waals surface area contributed by atoms with E-state index in [-0.39, 0.29) is 36.8 Å². The summed E-state index contributed by atoms with van der Waals surface area (Å²) in [5.41, 5.74) is 8.43. The first-order valence-electron chi connectivity index (χ1n) is 8.67. The van der Waals surface area contributed by atoms with Gasteiger partial charge in [0.15, 0.2) is 0 Å². The van der Waals surface area contributed by atoms with Crippen LogP contribution in [0.1, 0.15) is 31.2 Å². The largest absolute Gasteiger partial charge is 0.378 e. The third kappa shape index (κ3) is 6.03. The smallest absolute Gasteiger partial charge is 0.220 e. The molecule has 25 heavy (non-hydrogen) atoms. The average Bonchev–Trinajstić information content (AvgIpc) is 2.99. The van der Waals surface area contributed by atoms with E-state index in [0.717, 1.165) is 45.6 Å². The molecular weight excluding hydrogens is 361 g/mol. The summed E-state index contributed by atoms with van der Waals surface area (Å²) in [5, 5.41) is 3.07. The number of halogens is 2. The maximum atomic E-state index is 12.2. The monoisotopic (exact) mass is 389 g/mol. The zero-order valence-electron chi connectivity index (χ0n) is 14.5. The molecule has 3 rings (SSSR count). The van der Waals surface area contributed by atoms with E-state index in [9.17, 15) is 4.79 Å². The molecule has 0 aromatic heterocycles. The van der Waals surface area contributed by atoms with Crippen molar-refractivity contribution in [1.29, 1.82) is 0 Å². The number of benzene rings is 1. The lowest BCUT2D eigenvalue weighted by molar-refractivity contribution is -0.122. The van der Waals surface area contributed by atoms with Gasteiger partial charge in [0.2, 0.25) is 5.91 Å². The number of nitrogens with zero attached hydrogens (tertiary/aromatic N) is 1. The van der Waals surface area contributed by atoms with E-state index in [1.807, 2.05) is 12.1 Å². The maximum absolute atomic E-state index is 12.2. The average molecular weight is 390 g/mol. The second kappa shape index (κ2) is 10.9. The number of carbonyl (C=O) groups is 1. The normalized spacial score (nSPS) is 22.7. The number of nitrogens with one attached hydrogen (secondary N) is 1. The third-order valence-electron chi connectivity index (χ3n) is 4.98. The SMILES string of the molecule is Cl.Cl.N[C@@H]1CCC[C@H]1CC(=O)NCc1ccccc1N1CCOCC1. The predicted octanol–water partition coefficient (Wildman–Crippen LogP) is 2.50. The van der Waals surface area contributed by atoms with Gasteiger partial charge in [0, 0.05) is 37.8 Å². The van der Waals surface area contributed by atoms with Gasteiger partial charge in [-0.25, -0.2) is 0 Å². The highest BCUT2D eigenvalue weighted by atomic mass is 35.5. The Bertz CT molecular complexity index is 539. The summed E-state index contributed by atoms with van der Waals surface area (Å²) < 4.78 is 5.42. The van der Waals surface area contributed by atoms with Crippen LogP contribution in [0, 0.1) is 5.92 Å². The van der Waals surface area contributed by atoms with Crippen molar-refractivity contribution in [3.8, 4) is 0 Å². The van der Waals surface area contributed by atoms with Crippen LogP contribution >= 0.6 is 24.8 Å². The van der Waals surface area contributed by atoms with E-state index < -0.39 is 0 Å². The molecule has 0 unspecified atom stereocenters. The fourth-order valence-corrected chi connectivity index (χ4v) is 3.60. The van der Waals surface area contributed by atoms with Gasteiger partial charge in [-0.3, -0.25) is 4.79 Å². The third-order valence-corrected chi connectivity index (χ3v) is 4.98. The number of rotatable bonds is 5. The summed E-state index contributed by atoms with van der Waals surface area (Å²) in [4.78, 5) is 14.5. The number of ether oxygens (including phenoxy) is 1. The van der Waals surface area contributed by atoms with Crippen molar-refractivity contribution in [3.05, 3.63) is 29.8 Å². The number of hydrogen-bond acceptors (Lipinski definition) is 4. The number of carbonyl (C=O) groups excluding carboxylic acids is 1. The summed E-state index contributed by atoms with van der Waals surface area (Å²) in [7, 11) is 0. The topological polar surface area (TPSA) is 67.6 Å². The first kappa shape index (κ1) is 22.0. The van der Waals surface area contributed by atoms with Crippen molar-refractivity contribution in [1.82, 2.24) is 5.32 Å². The molecule has 1 amide bonds. The molecule has 2 atom stereocenters. The summed E-state index contributed by atoms with van der Waals surface area (Å²) in [5.74, 6) is 0.466. The van der Waals surface area contributed by atoms with Gasteiger partial charge in [-0.1, -0.05) is 24.6 Å². The quantitative estimate of drug-likeness (QED) is 0.811. The minimum Gasteiger partial charge on any atom is -0.378 e. The Kier molecular flexibility index (Phi) is 9.57. The first-order valence-corrected chi connectivity index (χ1v) is 8.67. The van der Waals surface area contributed by atoms with Gasteiger partial charge in [0.05, 0.1) is 13.2 Å². The molecule has 1 aliphatic heterocycles. The Labute approximate surface area is 162 Å². The number of para-hydroxylation sites is 1. The second-order valence-corrected chi connectivity index (χ2v) is 6.56. The molecule has 1 saturated carbocycles. The summed E-state index contributed by atoms with van der Waals surface area (Å²) >= 11 is 0. The molecule has 0 bridgehead atoms. The molecule has 1 aromatic rings. The minimum absolute atomic E-state index is 0. The van der Waals surface area contributed by atoms with Crippen molar-refractivity contribution in [2.75, 3.05) is 31.2 Å². The molecule has 7 heteroatoms. The Morgan fingerprint density at radius 3 is 2.60 bits per heavy atom. The lowest BCUT2D eigenvalue weighted by atomic mass is 10.00. The molecule has 1 aromatic carbocycles. The fraction of sp³-hybridized carbons (Fsp3) is 0.611. The van der Waals surface area contributed by atoms with E-state index in [1.165, 1.54) is 11.3 Å². The minimum atomic E-state index is 0. The van der Waals surface area contributed by atoms with Crippen molar-refractivity contribution in [2.45, 2.75) is 38.3 Å². The standard InChI is InChI=1S/C18H27N3O2.2ClH/c19-16-6-3-5-14(16)12-18(22)20-13-15-4-1-2-7-17(15)21-8-10-23-11-9-21;;/h1-2,4,7,14,16H,3,5-6,8-13,19H2,(H,20,22);2*1H/t14-,16+;;/m0../s1. The molecule has 142 valence electrons.